The zero-order valence-electron chi connectivity index (χ0n) is 14.4. The number of nitrogens with zero attached hydrogens (tertiary/aromatic N) is 3. The summed E-state index contributed by atoms with van der Waals surface area (Å²) in [5.41, 5.74) is 1.70. The van der Waals surface area contributed by atoms with E-state index in [9.17, 15) is 4.79 Å². The second-order valence-electron chi connectivity index (χ2n) is 5.99. The molecular formula is C17H22N4O4. The molecule has 3 rings (SSSR count). The van der Waals surface area contributed by atoms with Crippen LogP contribution < -0.4 is 5.32 Å². The first kappa shape index (κ1) is 17.5. The van der Waals surface area contributed by atoms with Gasteiger partial charge in [0.2, 0.25) is 0 Å². The average Bonchev–Trinajstić information content (AvgIpc) is 3.02. The molecule has 2 aromatic heterocycles. The fraction of sp³-hybridized carbons (Fsp3) is 0.529. The van der Waals surface area contributed by atoms with Gasteiger partial charge < -0.3 is 19.3 Å². The van der Waals surface area contributed by atoms with Crippen LogP contribution in [-0.4, -0.2) is 34.7 Å². The van der Waals surface area contributed by atoms with E-state index < -0.39 is 0 Å². The lowest BCUT2D eigenvalue weighted by Crippen LogP contribution is -2.24. The summed E-state index contributed by atoms with van der Waals surface area (Å²) in [6.07, 6.45) is 6.58. The van der Waals surface area contributed by atoms with Gasteiger partial charge in [-0.05, 0) is 26.2 Å². The Kier molecular flexibility index (Phi) is 5.72. The van der Waals surface area contributed by atoms with Crippen LogP contribution in [0.2, 0.25) is 0 Å². The zero-order chi connectivity index (χ0) is 17.6. The Morgan fingerprint density at radius 2 is 2.16 bits per heavy atom. The molecule has 8 nitrogen and oxygen atoms in total. The van der Waals surface area contributed by atoms with Gasteiger partial charge in [0.1, 0.15) is 11.9 Å². The minimum atomic E-state index is -0.316. The van der Waals surface area contributed by atoms with Crippen molar-refractivity contribution in [3.05, 3.63) is 40.8 Å². The van der Waals surface area contributed by atoms with Crippen molar-refractivity contribution in [1.82, 2.24) is 20.4 Å². The number of hydrogen-bond acceptors (Lipinski definition) is 7. The predicted molar refractivity (Wildman–Crippen MR) is 87.7 cm³/mol. The smallest absolute Gasteiger partial charge is 0.274 e. The maximum absolute atomic E-state index is 12.3. The van der Waals surface area contributed by atoms with Crippen molar-refractivity contribution in [3.8, 4) is 0 Å². The average molecular weight is 346 g/mol. The van der Waals surface area contributed by atoms with Crippen LogP contribution in [0.4, 0.5) is 0 Å². The molecule has 1 aliphatic heterocycles. The third kappa shape index (κ3) is 4.21. The molecule has 0 aliphatic carbocycles. The molecule has 0 saturated carbocycles. The van der Waals surface area contributed by atoms with E-state index in [1.54, 1.807) is 26.4 Å². The molecule has 1 fully saturated rings. The molecule has 0 spiro atoms. The van der Waals surface area contributed by atoms with Gasteiger partial charge in [0.15, 0.2) is 11.5 Å². The van der Waals surface area contributed by atoms with Gasteiger partial charge in [-0.2, -0.15) is 0 Å². The lowest BCUT2D eigenvalue weighted by Gasteiger charge is -2.21. The van der Waals surface area contributed by atoms with Crippen molar-refractivity contribution < 1.29 is 18.8 Å². The number of methoxy groups -OCH3 is 1. The molecule has 0 aromatic carbocycles. The summed E-state index contributed by atoms with van der Waals surface area (Å²) in [6.45, 7) is 3.09. The molecule has 1 unspecified atom stereocenters. The Morgan fingerprint density at radius 1 is 1.36 bits per heavy atom. The highest BCUT2D eigenvalue weighted by Crippen LogP contribution is 2.24. The summed E-state index contributed by atoms with van der Waals surface area (Å²) < 4.78 is 15.8. The van der Waals surface area contributed by atoms with Gasteiger partial charge >= 0.3 is 0 Å². The van der Waals surface area contributed by atoms with Gasteiger partial charge in [0.05, 0.1) is 12.2 Å². The fourth-order valence-corrected chi connectivity index (χ4v) is 2.72. The molecule has 1 atom stereocenters. The van der Waals surface area contributed by atoms with Crippen LogP contribution >= 0.6 is 0 Å². The second kappa shape index (κ2) is 8.17. The van der Waals surface area contributed by atoms with E-state index in [0.29, 0.717) is 23.7 Å². The van der Waals surface area contributed by atoms with Crippen molar-refractivity contribution in [1.29, 1.82) is 0 Å². The second-order valence-corrected chi connectivity index (χ2v) is 5.99. The molecule has 1 amide bonds. The standard InChI is InChI=1S/C17H22N4O4/c1-11-13(10-23-2)15(21-25-11)17(22)20-9-12-7-18-16(19-8-12)14-5-3-4-6-24-14/h7-8,14H,3-6,9-10H2,1-2H3,(H,20,22). The topological polar surface area (TPSA) is 99.4 Å². The van der Waals surface area contributed by atoms with Crippen LogP contribution in [0, 0.1) is 6.92 Å². The third-order valence-electron chi connectivity index (χ3n) is 4.13. The largest absolute Gasteiger partial charge is 0.380 e. The van der Waals surface area contributed by atoms with Crippen molar-refractivity contribution >= 4 is 5.91 Å². The maximum Gasteiger partial charge on any atom is 0.274 e. The first-order chi connectivity index (χ1) is 12.2. The SMILES string of the molecule is COCc1c(C(=O)NCc2cnc(C3CCCCO3)nc2)noc1C. The minimum Gasteiger partial charge on any atom is -0.380 e. The Labute approximate surface area is 145 Å². The Balaban J connectivity index is 1.59. The molecule has 1 N–H and O–H groups in total. The number of amides is 1. The van der Waals surface area contributed by atoms with Crippen molar-refractivity contribution in [2.45, 2.75) is 45.4 Å². The van der Waals surface area contributed by atoms with E-state index in [-0.39, 0.29) is 24.3 Å². The number of carbonyl (C=O) groups excluding carboxylic acids is 1. The van der Waals surface area contributed by atoms with E-state index in [4.69, 9.17) is 14.0 Å². The highest BCUT2D eigenvalue weighted by Gasteiger charge is 2.20. The van der Waals surface area contributed by atoms with Gasteiger partial charge in [-0.3, -0.25) is 4.79 Å². The Bertz CT molecular complexity index is 708. The van der Waals surface area contributed by atoms with Crippen LogP contribution in [0.5, 0.6) is 0 Å². The molecule has 134 valence electrons. The normalized spacial score (nSPS) is 17.4. The number of rotatable bonds is 6. The fourth-order valence-electron chi connectivity index (χ4n) is 2.72. The number of carbonyl (C=O) groups is 1. The minimum absolute atomic E-state index is 0.0212. The zero-order valence-corrected chi connectivity index (χ0v) is 14.4. The quantitative estimate of drug-likeness (QED) is 0.855. The number of aryl methyl sites for hydroxylation is 1. The summed E-state index contributed by atoms with van der Waals surface area (Å²) in [4.78, 5) is 21.0. The highest BCUT2D eigenvalue weighted by atomic mass is 16.5. The van der Waals surface area contributed by atoms with Gasteiger partial charge in [0.25, 0.3) is 5.91 Å². The first-order valence-corrected chi connectivity index (χ1v) is 8.33. The molecular weight excluding hydrogens is 324 g/mol. The predicted octanol–water partition coefficient (Wildman–Crippen LogP) is 2.09. The molecule has 0 bridgehead atoms. The Morgan fingerprint density at radius 3 is 2.84 bits per heavy atom. The van der Waals surface area contributed by atoms with Gasteiger partial charge in [0, 0.05) is 38.2 Å². The van der Waals surface area contributed by atoms with E-state index in [2.05, 4.69) is 20.4 Å². The molecule has 2 aromatic rings. The van der Waals surface area contributed by atoms with E-state index in [0.717, 1.165) is 31.4 Å². The molecule has 1 saturated heterocycles. The number of hydrogen-bond donors (Lipinski definition) is 1. The molecule has 1 aliphatic rings. The lowest BCUT2D eigenvalue weighted by molar-refractivity contribution is 0.00940. The third-order valence-corrected chi connectivity index (χ3v) is 4.13. The molecule has 25 heavy (non-hydrogen) atoms. The summed E-state index contributed by atoms with van der Waals surface area (Å²) in [5, 5.41) is 6.61. The monoisotopic (exact) mass is 346 g/mol. The van der Waals surface area contributed by atoms with Crippen LogP contribution in [0.15, 0.2) is 16.9 Å². The molecule has 8 heteroatoms. The highest BCUT2D eigenvalue weighted by molar-refractivity contribution is 5.93. The first-order valence-electron chi connectivity index (χ1n) is 8.33. The van der Waals surface area contributed by atoms with Crippen LogP contribution in [-0.2, 0) is 22.6 Å². The summed E-state index contributed by atoms with van der Waals surface area (Å²) in [5.74, 6) is 0.958. The van der Waals surface area contributed by atoms with Gasteiger partial charge in [-0.25, -0.2) is 9.97 Å². The van der Waals surface area contributed by atoms with E-state index in [1.165, 1.54) is 0 Å². The summed E-state index contributed by atoms with van der Waals surface area (Å²) >= 11 is 0. The van der Waals surface area contributed by atoms with Crippen LogP contribution in [0.1, 0.15) is 58.6 Å². The number of aromatic nitrogens is 3. The van der Waals surface area contributed by atoms with Crippen LogP contribution in [0.25, 0.3) is 0 Å². The number of ether oxygens (including phenoxy) is 2. The lowest BCUT2D eigenvalue weighted by atomic mass is 10.1. The van der Waals surface area contributed by atoms with Crippen molar-refractivity contribution in [2.24, 2.45) is 0 Å². The van der Waals surface area contributed by atoms with Crippen LogP contribution in [0.3, 0.4) is 0 Å². The summed E-state index contributed by atoms with van der Waals surface area (Å²) in [7, 11) is 1.56. The summed E-state index contributed by atoms with van der Waals surface area (Å²) in [6, 6.07) is 0. The van der Waals surface area contributed by atoms with Crippen molar-refractivity contribution in [3.63, 3.8) is 0 Å². The van der Waals surface area contributed by atoms with E-state index >= 15 is 0 Å². The maximum atomic E-state index is 12.3. The molecule has 0 radical (unpaired) electrons. The van der Waals surface area contributed by atoms with Gasteiger partial charge in [-0.1, -0.05) is 5.16 Å². The molecule has 3 heterocycles. The Hall–Kier alpha value is -2.32. The van der Waals surface area contributed by atoms with E-state index in [1.807, 2.05) is 0 Å². The number of nitrogens with one attached hydrogen (secondary N) is 1. The van der Waals surface area contributed by atoms with Gasteiger partial charge in [-0.15, -0.1) is 0 Å². The van der Waals surface area contributed by atoms with Crippen molar-refractivity contribution in [2.75, 3.05) is 13.7 Å².